The van der Waals surface area contributed by atoms with E-state index in [1.807, 2.05) is 30.3 Å². The van der Waals surface area contributed by atoms with Gasteiger partial charge in [-0.05, 0) is 37.0 Å². The molecule has 1 spiro atoms. The Labute approximate surface area is 255 Å². The van der Waals surface area contributed by atoms with Crippen LogP contribution in [0.25, 0.3) is 10.6 Å². The number of rotatable bonds is 7. The summed E-state index contributed by atoms with van der Waals surface area (Å²) in [6.07, 6.45) is 2.25. The fourth-order valence-electron chi connectivity index (χ4n) is 5.56. The largest absolute Gasteiger partial charge is 0.483 e. The summed E-state index contributed by atoms with van der Waals surface area (Å²) in [6.45, 7) is 3.23. The number of hydrogen-bond acceptors (Lipinski definition) is 8. The van der Waals surface area contributed by atoms with Crippen molar-refractivity contribution in [2.24, 2.45) is 0 Å². The highest BCUT2D eigenvalue weighted by molar-refractivity contribution is 7.14. The molecule has 13 heteroatoms. The normalized spacial score (nSPS) is 15.5. The highest BCUT2D eigenvalue weighted by atomic mass is 32.1. The Hall–Kier alpha value is -4.65. The number of piperidine rings is 1. The van der Waals surface area contributed by atoms with Crippen LogP contribution in [0.4, 0.5) is 13.6 Å². The van der Waals surface area contributed by atoms with Crippen LogP contribution in [0.2, 0.25) is 0 Å². The molecular weight excluding hydrogens is 592 g/mol. The number of halogens is 2. The minimum absolute atomic E-state index is 0.0602. The van der Waals surface area contributed by atoms with Crippen LogP contribution >= 0.6 is 11.3 Å². The molecule has 2 aromatic carbocycles. The SMILES string of the molecule is CCOC(=O)N1CCC2(CC1)Cn1cc(-c3nnc(Cc4ccc(F)cc4F)s3)c(=O)c(OCc3ccccc3)c1C(=O)N2. The summed E-state index contributed by atoms with van der Waals surface area (Å²) < 4.78 is 40.6. The van der Waals surface area contributed by atoms with E-state index in [9.17, 15) is 23.2 Å². The van der Waals surface area contributed by atoms with Gasteiger partial charge in [-0.1, -0.05) is 47.7 Å². The van der Waals surface area contributed by atoms with Crippen LogP contribution in [0, 0.1) is 11.6 Å². The van der Waals surface area contributed by atoms with Crippen molar-refractivity contribution in [3.05, 3.63) is 98.4 Å². The van der Waals surface area contributed by atoms with Crippen molar-refractivity contribution in [3.63, 3.8) is 0 Å². The van der Waals surface area contributed by atoms with E-state index in [0.29, 0.717) is 37.5 Å². The zero-order valence-corrected chi connectivity index (χ0v) is 24.7. The van der Waals surface area contributed by atoms with Gasteiger partial charge in [0.2, 0.25) is 5.43 Å². The van der Waals surface area contributed by atoms with Gasteiger partial charge < -0.3 is 24.3 Å². The number of ether oxygens (including phenoxy) is 2. The maximum atomic E-state index is 14.3. The van der Waals surface area contributed by atoms with Gasteiger partial charge in [0.1, 0.15) is 23.2 Å². The fraction of sp³-hybridized carbons (Fsp3) is 0.323. The predicted octanol–water partition coefficient (Wildman–Crippen LogP) is 4.55. The van der Waals surface area contributed by atoms with Crippen LogP contribution in [0.15, 0.2) is 59.5 Å². The number of carbonyl (C=O) groups is 2. The second-order valence-electron chi connectivity index (χ2n) is 10.8. The zero-order valence-electron chi connectivity index (χ0n) is 23.8. The molecule has 0 saturated carbocycles. The van der Waals surface area contributed by atoms with Crippen LogP contribution in [0.1, 0.15) is 46.4 Å². The first-order valence-corrected chi connectivity index (χ1v) is 15.0. The summed E-state index contributed by atoms with van der Waals surface area (Å²) in [5, 5.41) is 12.2. The molecule has 0 atom stereocenters. The monoisotopic (exact) mass is 621 g/mol. The second-order valence-corrected chi connectivity index (χ2v) is 11.8. The van der Waals surface area contributed by atoms with E-state index >= 15 is 0 Å². The first kappa shape index (κ1) is 29.4. The number of aromatic nitrogens is 3. The van der Waals surface area contributed by atoms with Crippen LogP contribution in [0.3, 0.4) is 0 Å². The number of pyridine rings is 1. The summed E-state index contributed by atoms with van der Waals surface area (Å²) >= 11 is 1.11. The second kappa shape index (κ2) is 12.2. The lowest BCUT2D eigenvalue weighted by Gasteiger charge is -2.45. The first-order valence-electron chi connectivity index (χ1n) is 14.2. The van der Waals surface area contributed by atoms with Gasteiger partial charge in [-0.15, -0.1) is 10.2 Å². The maximum Gasteiger partial charge on any atom is 0.409 e. The minimum atomic E-state index is -0.697. The molecule has 0 radical (unpaired) electrons. The molecule has 0 unspecified atom stereocenters. The topological polar surface area (TPSA) is 116 Å². The number of carbonyl (C=O) groups excluding carboxylic acids is 2. The lowest BCUT2D eigenvalue weighted by molar-refractivity contribution is 0.0607. The smallest absolute Gasteiger partial charge is 0.409 e. The Balaban J connectivity index is 1.34. The predicted molar refractivity (Wildman–Crippen MR) is 158 cm³/mol. The fourth-order valence-corrected chi connectivity index (χ4v) is 6.43. The number of likely N-dealkylation sites (tertiary alicyclic amines) is 1. The van der Waals surface area contributed by atoms with Crippen molar-refractivity contribution in [2.75, 3.05) is 19.7 Å². The molecule has 1 fully saturated rings. The van der Waals surface area contributed by atoms with E-state index in [0.717, 1.165) is 23.0 Å². The molecule has 44 heavy (non-hydrogen) atoms. The molecule has 2 aromatic heterocycles. The van der Waals surface area contributed by atoms with Crippen LogP contribution < -0.4 is 15.5 Å². The molecule has 4 heterocycles. The Kier molecular flexibility index (Phi) is 8.13. The number of amides is 2. The Bertz CT molecular complexity index is 1770. The molecule has 2 aliphatic heterocycles. The van der Waals surface area contributed by atoms with E-state index in [2.05, 4.69) is 15.5 Å². The third-order valence-corrected chi connectivity index (χ3v) is 8.79. The van der Waals surface area contributed by atoms with Crippen molar-refractivity contribution in [1.82, 2.24) is 25.0 Å². The molecule has 6 rings (SSSR count). The third-order valence-electron chi connectivity index (χ3n) is 7.83. The van der Waals surface area contributed by atoms with Gasteiger partial charge >= 0.3 is 6.09 Å². The number of nitrogens with one attached hydrogen (secondary N) is 1. The third kappa shape index (κ3) is 5.91. The van der Waals surface area contributed by atoms with Crippen LogP contribution in [0.5, 0.6) is 5.75 Å². The van der Waals surface area contributed by atoms with Crippen molar-refractivity contribution in [1.29, 1.82) is 0 Å². The van der Waals surface area contributed by atoms with Crippen molar-refractivity contribution < 1.29 is 27.8 Å². The lowest BCUT2D eigenvalue weighted by atomic mass is 9.85. The standard InChI is InChI=1S/C31H29F2N5O5S/c1-2-42-30(41)37-12-10-31(11-13-37)18-38-16-22(29-36-35-24(44-29)14-20-8-9-21(32)15-23(20)33)26(39)27(25(38)28(40)34-31)43-17-19-6-4-3-5-7-19/h3-9,15-16H,2,10-14,17-18H2,1H3,(H,34,40). The van der Waals surface area contributed by atoms with E-state index in [4.69, 9.17) is 9.47 Å². The van der Waals surface area contributed by atoms with Crippen molar-refractivity contribution in [2.45, 2.75) is 44.9 Å². The van der Waals surface area contributed by atoms with E-state index in [-0.39, 0.29) is 53.3 Å². The van der Waals surface area contributed by atoms with E-state index in [1.165, 1.54) is 12.1 Å². The summed E-state index contributed by atoms with van der Waals surface area (Å²) in [4.78, 5) is 41.4. The molecule has 228 valence electrons. The summed E-state index contributed by atoms with van der Waals surface area (Å²) in [5.41, 5.74) is 0.180. The molecule has 1 N–H and O–H groups in total. The van der Waals surface area contributed by atoms with Crippen molar-refractivity contribution in [3.8, 4) is 16.3 Å². The van der Waals surface area contributed by atoms with Gasteiger partial charge in [-0.2, -0.15) is 0 Å². The van der Waals surface area contributed by atoms with Crippen molar-refractivity contribution >= 4 is 23.3 Å². The molecule has 0 bridgehead atoms. The van der Waals surface area contributed by atoms with Gasteiger partial charge in [0.05, 0.1) is 17.7 Å². The molecule has 1 saturated heterocycles. The van der Waals surface area contributed by atoms with Gasteiger partial charge in [0.15, 0.2) is 16.5 Å². The first-order chi connectivity index (χ1) is 21.2. The highest BCUT2D eigenvalue weighted by Gasteiger charge is 2.43. The Morgan fingerprint density at radius 2 is 1.86 bits per heavy atom. The highest BCUT2D eigenvalue weighted by Crippen LogP contribution is 2.34. The Morgan fingerprint density at radius 3 is 2.59 bits per heavy atom. The molecule has 10 nitrogen and oxygen atoms in total. The average molecular weight is 622 g/mol. The van der Waals surface area contributed by atoms with E-state index < -0.39 is 28.5 Å². The molecule has 0 aliphatic carbocycles. The van der Waals surface area contributed by atoms with Gasteiger partial charge in [-0.25, -0.2) is 13.6 Å². The molecular formula is C31H29F2N5O5S. The van der Waals surface area contributed by atoms with Crippen LogP contribution in [-0.2, 0) is 24.3 Å². The average Bonchev–Trinajstić information content (AvgIpc) is 3.47. The number of fused-ring (bicyclic) bond motifs is 1. The quantitative estimate of drug-likeness (QED) is 0.322. The van der Waals surface area contributed by atoms with Gasteiger partial charge in [0, 0.05) is 38.3 Å². The number of benzene rings is 2. The van der Waals surface area contributed by atoms with Gasteiger partial charge in [0.25, 0.3) is 5.91 Å². The molecule has 4 aromatic rings. The summed E-state index contributed by atoms with van der Waals surface area (Å²) in [5.74, 6) is -1.93. The zero-order chi connectivity index (χ0) is 30.8. The summed E-state index contributed by atoms with van der Waals surface area (Å²) in [6, 6.07) is 12.6. The molecule has 2 amide bonds. The van der Waals surface area contributed by atoms with Gasteiger partial charge in [-0.3, -0.25) is 9.59 Å². The maximum absolute atomic E-state index is 14.3. The minimum Gasteiger partial charge on any atom is -0.483 e. The Morgan fingerprint density at radius 1 is 1.09 bits per heavy atom. The summed E-state index contributed by atoms with van der Waals surface area (Å²) in [7, 11) is 0. The van der Waals surface area contributed by atoms with Crippen LogP contribution in [-0.4, -0.2) is 56.9 Å². The lowest BCUT2D eigenvalue weighted by Crippen LogP contribution is -2.61. The van der Waals surface area contributed by atoms with E-state index in [1.54, 1.807) is 22.6 Å². The molecule has 2 aliphatic rings. The number of nitrogens with zero attached hydrogens (tertiary/aromatic N) is 4. The number of hydrogen-bond donors (Lipinski definition) is 1.